The number of aryl methyl sites for hydroxylation is 1. The lowest BCUT2D eigenvalue weighted by atomic mass is 10.0. The molecule has 0 bridgehead atoms. The highest BCUT2D eigenvalue weighted by atomic mass is 32.2. The smallest absolute Gasteiger partial charge is 0.264 e. The number of rotatable bonds is 9. The van der Waals surface area contributed by atoms with E-state index in [1.165, 1.54) is 16.4 Å². The van der Waals surface area contributed by atoms with Gasteiger partial charge in [0.2, 0.25) is 5.91 Å². The van der Waals surface area contributed by atoms with Crippen molar-refractivity contribution in [1.29, 1.82) is 0 Å². The van der Waals surface area contributed by atoms with Crippen molar-refractivity contribution >= 4 is 21.6 Å². The normalized spacial score (nSPS) is 12.2. The number of benzene rings is 3. The molecular formula is C25H28N2O3S. The molecule has 6 heteroatoms. The van der Waals surface area contributed by atoms with Gasteiger partial charge in [-0.2, -0.15) is 0 Å². The van der Waals surface area contributed by atoms with Gasteiger partial charge >= 0.3 is 0 Å². The Balaban J connectivity index is 1.80. The molecule has 1 unspecified atom stereocenters. The minimum atomic E-state index is -3.89. The van der Waals surface area contributed by atoms with Crippen LogP contribution in [0.15, 0.2) is 89.8 Å². The molecule has 3 aromatic carbocycles. The van der Waals surface area contributed by atoms with Crippen LogP contribution in [0.3, 0.4) is 0 Å². The van der Waals surface area contributed by atoms with Gasteiger partial charge in [-0.15, -0.1) is 0 Å². The fraction of sp³-hybridized carbons (Fsp3) is 0.240. The summed E-state index contributed by atoms with van der Waals surface area (Å²) in [5.74, 6) is -0.227. The quantitative estimate of drug-likeness (QED) is 0.542. The Hall–Kier alpha value is -3.12. The number of sulfonamides is 1. The summed E-state index contributed by atoms with van der Waals surface area (Å²) in [4.78, 5) is 12.9. The van der Waals surface area contributed by atoms with E-state index in [0.717, 1.165) is 17.5 Å². The number of carbonyl (C=O) groups is 1. The van der Waals surface area contributed by atoms with Crippen molar-refractivity contribution in [2.45, 2.75) is 31.1 Å². The van der Waals surface area contributed by atoms with Crippen molar-refractivity contribution in [2.75, 3.05) is 17.4 Å². The third-order valence-electron chi connectivity index (χ3n) is 5.23. The summed E-state index contributed by atoms with van der Waals surface area (Å²) >= 11 is 0. The summed E-state index contributed by atoms with van der Waals surface area (Å²) in [6, 6.07) is 25.4. The second-order valence-corrected chi connectivity index (χ2v) is 9.32. The molecule has 31 heavy (non-hydrogen) atoms. The molecule has 1 N–H and O–H groups in total. The topological polar surface area (TPSA) is 66.5 Å². The molecule has 3 rings (SSSR count). The largest absolute Gasteiger partial charge is 0.354 e. The van der Waals surface area contributed by atoms with E-state index >= 15 is 0 Å². The molecular weight excluding hydrogens is 408 g/mol. The molecule has 0 spiro atoms. The molecule has 0 aliphatic rings. The SMILES string of the molecule is CCc1ccc(N(CC(=O)NCC(C)c2ccccc2)S(=O)(=O)c2ccccc2)cc1. The van der Waals surface area contributed by atoms with Crippen molar-refractivity contribution in [1.82, 2.24) is 5.32 Å². The Morgan fingerprint density at radius 3 is 2.06 bits per heavy atom. The van der Waals surface area contributed by atoms with E-state index in [1.807, 2.05) is 56.3 Å². The van der Waals surface area contributed by atoms with E-state index in [4.69, 9.17) is 0 Å². The van der Waals surface area contributed by atoms with Gasteiger partial charge in [-0.25, -0.2) is 8.42 Å². The number of hydrogen-bond donors (Lipinski definition) is 1. The van der Waals surface area contributed by atoms with Crippen LogP contribution in [0.4, 0.5) is 5.69 Å². The van der Waals surface area contributed by atoms with Crippen LogP contribution in [0.25, 0.3) is 0 Å². The Bertz CT molecular complexity index is 1080. The lowest BCUT2D eigenvalue weighted by molar-refractivity contribution is -0.119. The molecule has 0 saturated heterocycles. The number of nitrogens with one attached hydrogen (secondary N) is 1. The number of hydrogen-bond acceptors (Lipinski definition) is 3. The van der Waals surface area contributed by atoms with Gasteiger partial charge in [-0.05, 0) is 47.7 Å². The third-order valence-corrected chi connectivity index (χ3v) is 7.01. The van der Waals surface area contributed by atoms with E-state index in [-0.39, 0.29) is 23.3 Å². The van der Waals surface area contributed by atoms with Crippen LogP contribution in [0.1, 0.15) is 30.9 Å². The average Bonchev–Trinajstić information content (AvgIpc) is 2.82. The fourth-order valence-corrected chi connectivity index (χ4v) is 4.73. The summed E-state index contributed by atoms with van der Waals surface area (Å²) in [7, 11) is -3.89. The highest BCUT2D eigenvalue weighted by Crippen LogP contribution is 2.24. The predicted molar refractivity (Wildman–Crippen MR) is 125 cm³/mol. The first kappa shape index (κ1) is 22.6. The van der Waals surface area contributed by atoms with Crippen molar-refractivity contribution in [3.8, 4) is 0 Å². The monoisotopic (exact) mass is 436 g/mol. The van der Waals surface area contributed by atoms with Gasteiger partial charge in [0.1, 0.15) is 6.54 Å². The van der Waals surface area contributed by atoms with E-state index in [1.54, 1.807) is 30.3 Å². The minimum absolute atomic E-state index is 0.119. The first-order chi connectivity index (χ1) is 14.9. The molecule has 0 radical (unpaired) electrons. The van der Waals surface area contributed by atoms with Crippen LogP contribution >= 0.6 is 0 Å². The summed E-state index contributed by atoms with van der Waals surface area (Å²) in [6.45, 7) is 4.20. The molecule has 0 aliphatic heterocycles. The van der Waals surface area contributed by atoms with E-state index in [2.05, 4.69) is 5.32 Å². The van der Waals surface area contributed by atoms with Crippen molar-refractivity contribution in [3.05, 3.63) is 96.1 Å². The maximum Gasteiger partial charge on any atom is 0.264 e. The van der Waals surface area contributed by atoms with Crippen LogP contribution in [0.2, 0.25) is 0 Å². The fourth-order valence-electron chi connectivity index (χ4n) is 3.29. The number of anilines is 1. The summed E-state index contributed by atoms with van der Waals surface area (Å²) < 4.78 is 27.8. The highest BCUT2D eigenvalue weighted by molar-refractivity contribution is 7.92. The maximum atomic E-state index is 13.3. The zero-order chi connectivity index (χ0) is 22.3. The van der Waals surface area contributed by atoms with Crippen LogP contribution in [-0.2, 0) is 21.2 Å². The first-order valence-corrected chi connectivity index (χ1v) is 11.8. The second kappa shape index (κ2) is 10.3. The average molecular weight is 437 g/mol. The minimum Gasteiger partial charge on any atom is -0.354 e. The van der Waals surface area contributed by atoms with Gasteiger partial charge in [0, 0.05) is 6.54 Å². The van der Waals surface area contributed by atoms with E-state index < -0.39 is 10.0 Å². The molecule has 5 nitrogen and oxygen atoms in total. The number of amides is 1. The van der Waals surface area contributed by atoms with Gasteiger partial charge in [0.05, 0.1) is 10.6 Å². The molecule has 0 saturated carbocycles. The van der Waals surface area contributed by atoms with Crippen LogP contribution < -0.4 is 9.62 Å². The van der Waals surface area contributed by atoms with Gasteiger partial charge in [-0.3, -0.25) is 9.10 Å². The Morgan fingerprint density at radius 2 is 1.48 bits per heavy atom. The Labute approximate surface area is 184 Å². The highest BCUT2D eigenvalue weighted by Gasteiger charge is 2.27. The van der Waals surface area contributed by atoms with Gasteiger partial charge in [0.25, 0.3) is 10.0 Å². The first-order valence-electron chi connectivity index (χ1n) is 10.4. The van der Waals surface area contributed by atoms with E-state index in [9.17, 15) is 13.2 Å². The third kappa shape index (κ3) is 5.73. The lowest BCUT2D eigenvalue weighted by Gasteiger charge is -2.24. The molecule has 0 heterocycles. The lowest BCUT2D eigenvalue weighted by Crippen LogP contribution is -2.41. The summed E-state index contributed by atoms with van der Waals surface area (Å²) in [5, 5.41) is 2.88. The van der Waals surface area contributed by atoms with Crippen LogP contribution in [-0.4, -0.2) is 27.4 Å². The Morgan fingerprint density at radius 1 is 0.903 bits per heavy atom. The molecule has 1 amide bonds. The maximum absolute atomic E-state index is 13.3. The van der Waals surface area contributed by atoms with Crippen LogP contribution in [0, 0.1) is 0 Å². The molecule has 0 fully saturated rings. The molecule has 0 aliphatic carbocycles. The summed E-state index contributed by atoms with van der Waals surface area (Å²) in [5.41, 5.74) is 2.68. The standard InChI is InChI=1S/C25H28N2O3S/c1-3-21-14-16-23(17-15-21)27(31(29,30)24-12-8-5-9-13-24)19-25(28)26-18-20(2)22-10-6-4-7-11-22/h4-17,20H,3,18-19H2,1-2H3,(H,26,28). The van der Waals surface area contributed by atoms with Gasteiger partial charge < -0.3 is 5.32 Å². The van der Waals surface area contributed by atoms with Gasteiger partial charge in [-0.1, -0.05) is 74.5 Å². The van der Waals surface area contributed by atoms with E-state index in [0.29, 0.717) is 12.2 Å². The molecule has 3 aromatic rings. The van der Waals surface area contributed by atoms with Crippen LogP contribution in [0.5, 0.6) is 0 Å². The predicted octanol–water partition coefficient (Wildman–Crippen LogP) is 4.36. The van der Waals surface area contributed by atoms with Crippen molar-refractivity contribution in [2.24, 2.45) is 0 Å². The second-order valence-electron chi connectivity index (χ2n) is 7.46. The molecule has 1 atom stereocenters. The van der Waals surface area contributed by atoms with Crippen molar-refractivity contribution < 1.29 is 13.2 Å². The molecule has 0 aromatic heterocycles. The number of carbonyl (C=O) groups excluding carboxylic acids is 1. The summed E-state index contributed by atoms with van der Waals surface area (Å²) in [6.07, 6.45) is 0.851. The molecule has 162 valence electrons. The zero-order valence-electron chi connectivity index (χ0n) is 17.9. The van der Waals surface area contributed by atoms with Crippen molar-refractivity contribution in [3.63, 3.8) is 0 Å². The number of nitrogens with zero attached hydrogens (tertiary/aromatic N) is 1. The Kier molecular flexibility index (Phi) is 7.47. The zero-order valence-corrected chi connectivity index (χ0v) is 18.7. The van der Waals surface area contributed by atoms with Gasteiger partial charge in [0.15, 0.2) is 0 Å².